The summed E-state index contributed by atoms with van der Waals surface area (Å²) in [4.78, 5) is 33.5. The molecule has 22 heavy (non-hydrogen) atoms. The molecule has 2 amide bonds. The highest BCUT2D eigenvalue weighted by molar-refractivity contribution is 5.96. The molecule has 1 rings (SSSR count). The van der Waals surface area contributed by atoms with Crippen LogP contribution in [0.4, 0.5) is 0 Å². The van der Waals surface area contributed by atoms with Gasteiger partial charge in [0.25, 0.3) is 5.91 Å². The van der Waals surface area contributed by atoms with Gasteiger partial charge in [0.2, 0.25) is 5.91 Å². The molecule has 6 nitrogen and oxygen atoms in total. The second-order valence-electron chi connectivity index (χ2n) is 5.26. The normalized spacial score (nSPS) is 11.3. The van der Waals surface area contributed by atoms with Gasteiger partial charge in [-0.15, -0.1) is 0 Å². The highest BCUT2D eigenvalue weighted by Gasteiger charge is 2.10. The number of carboxylic acid groups (broad SMARTS) is 1. The van der Waals surface area contributed by atoms with Crippen LogP contribution in [0.1, 0.15) is 29.8 Å². The Labute approximate surface area is 129 Å². The van der Waals surface area contributed by atoms with Gasteiger partial charge in [-0.05, 0) is 23.6 Å². The van der Waals surface area contributed by atoms with Crippen molar-refractivity contribution >= 4 is 17.8 Å². The summed E-state index contributed by atoms with van der Waals surface area (Å²) in [5.74, 6) is -1.82. The van der Waals surface area contributed by atoms with Crippen molar-refractivity contribution in [1.82, 2.24) is 5.32 Å². The number of amides is 2. The Kier molecular flexibility index (Phi) is 6.31. The minimum Gasteiger partial charge on any atom is -0.478 e. The van der Waals surface area contributed by atoms with Crippen LogP contribution in [0.5, 0.6) is 0 Å². The van der Waals surface area contributed by atoms with Gasteiger partial charge in [0, 0.05) is 17.6 Å². The van der Waals surface area contributed by atoms with Crippen molar-refractivity contribution in [2.24, 2.45) is 11.7 Å². The molecule has 0 bridgehead atoms. The molecule has 0 aliphatic carbocycles. The third-order valence-corrected chi connectivity index (χ3v) is 2.84. The third-order valence-electron chi connectivity index (χ3n) is 2.84. The summed E-state index contributed by atoms with van der Waals surface area (Å²) in [5.41, 5.74) is 6.45. The Bertz CT molecular complexity index is 589. The molecule has 1 aromatic rings. The second kappa shape index (κ2) is 7.97. The van der Waals surface area contributed by atoms with Crippen LogP contribution < -0.4 is 11.1 Å². The average molecular weight is 304 g/mol. The van der Waals surface area contributed by atoms with Crippen LogP contribution in [0.25, 0.3) is 0 Å². The lowest BCUT2D eigenvalue weighted by Gasteiger charge is -2.07. The van der Waals surface area contributed by atoms with E-state index in [0.29, 0.717) is 11.1 Å². The lowest BCUT2D eigenvalue weighted by atomic mass is 10.0. The molecule has 0 saturated carbocycles. The van der Waals surface area contributed by atoms with Gasteiger partial charge in [0.05, 0.1) is 6.54 Å². The fraction of sp³-hybridized carbons (Fsp3) is 0.312. The molecule has 0 spiro atoms. The van der Waals surface area contributed by atoms with Gasteiger partial charge in [0.1, 0.15) is 0 Å². The standard InChI is InChI=1S/C16H20N2O4/c1-10(2)7-13(16(21)22)8-11-3-5-12(6-4-11)15(20)18-9-14(17)19/h3-7,10H,8-9H2,1-2H3,(H2,17,19)(H,18,20)(H,21,22)/b13-7+. The number of primary amides is 1. The SMILES string of the molecule is CC(C)/C=C(\Cc1ccc(C(=O)NCC(N)=O)cc1)C(=O)O. The molecule has 0 radical (unpaired) electrons. The summed E-state index contributed by atoms with van der Waals surface area (Å²) in [6.45, 7) is 3.60. The van der Waals surface area contributed by atoms with Crippen LogP contribution in [-0.2, 0) is 16.0 Å². The lowest BCUT2D eigenvalue weighted by molar-refractivity contribution is -0.132. The summed E-state index contributed by atoms with van der Waals surface area (Å²) >= 11 is 0. The molecular formula is C16H20N2O4. The Hall–Kier alpha value is -2.63. The molecule has 0 saturated heterocycles. The van der Waals surface area contributed by atoms with E-state index in [0.717, 1.165) is 5.56 Å². The summed E-state index contributed by atoms with van der Waals surface area (Å²) in [7, 11) is 0. The van der Waals surface area contributed by atoms with Gasteiger partial charge in [-0.1, -0.05) is 32.1 Å². The van der Waals surface area contributed by atoms with Gasteiger partial charge in [-0.3, -0.25) is 9.59 Å². The maximum Gasteiger partial charge on any atom is 0.331 e. The molecule has 0 aliphatic heterocycles. The zero-order valence-corrected chi connectivity index (χ0v) is 12.6. The molecule has 0 heterocycles. The fourth-order valence-corrected chi connectivity index (χ4v) is 1.87. The van der Waals surface area contributed by atoms with E-state index in [4.69, 9.17) is 5.73 Å². The molecule has 0 atom stereocenters. The van der Waals surface area contributed by atoms with Gasteiger partial charge < -0.3 is 16.2 Å². The van der Waals surface area contributed by atoms with Crippen molar-refractivity contribution in [3.63, 3.8) is 0 Å². The predicted molar refractivity (Wildman–Crippen MR) is 82.2 cm³/mol. The highest BCUT2D eigenvalue weighted by Crippen LogP contribution is 2.12. The van der Waals surface area contributed by atoms with Crippen LogP contribution in [-0.4, -0.2) is 29.4 Å². The molecular weight excluding hydrogens is 284 g/mol. The first-order chi connectivity index (χ1) is 10.3. The predicted octanol–water partition coefficient (Wildman–Crippen LogP) is 1.11. The maximum atomic E-state index is 11.7. The Morgan fingerprint density at radius 1 is 1.23 bits per heavy atom. The number of allylic oxidation sites excluding steroid dienone is 1. The number of hydrogen-bond acceptors (Lipinski definition) is 3. The molecule has 1 aromatic carbocycles. The first kappa shape index (κ1) is 17.4. The maximum absolute atomic E-state index is 11.7. The van der Waals surface area contributed by atoms with E-state index in [-0.39, 0.29) is 18.9 Å². The van der Waals surface area contributed by atoms with Crippen molar-refractivity contribution in [3.8, 4) is 0 Å². The second-order valence-corrected chi connectivity index (χ2v) is 5.26. The molecule has 0 fully saturated rings. The number of carboxylic acids is 1. The van der Waals surface area contributed by atoms with E-state index in [2.05, 4.69) is 5.32 Å². The van der Waals surface area contributed by atoms with Crippen molar-refractivity contribution in [2.75, 3.05) is 6.54 Å². The number of hydrogen-bond donors (Lipinski definition) is 3. The zero-order valence-electron chi connectivity index (χ0n) is 12.6. The van der Waals surface area contributed by atoms with Crippen molar-refractivity contribution in [3.05, 3.63) is 47.0 Å². The average Bonchev–Trinajstić information content (AvgIpc) is 2.44. The molecule has 0 aliphatic rings. The van der Waals surface area contributed by atoms with Gasteiger partial charge >= 0.3 is 5.97 Å². The summed E-state index contributed by atoms with van der Waals surface area (Å²) < 4.78 is 0. The number of benzene rings is 1. The summed E-state index contributed by atoms with van der Waals surface area (Å²) in [6.07, 6.45) is 1.99. The number of nitrogens with one attached hydrogen (secondary N) is 1. The quantitative estimate of drug-likeness (QED) is 0.655. The van der Waals surface area contributed by atoms with E-state index in [1.807, 2.05) is 13.8 Å². The van der Waals surface area contributed by atoms with Crippen LogP contribution >= 0.6 is 0 Å². The lowest BCUT2D eigenvalue weighted by Crippen LogP contribution is -2.33. The first-order valence-electron chi connectivity index (χ1n) is 6.89. The van der Waals surface area contributed by atoms with E-state index in [9.17, 15) is 19.5 Å². The van der Waals surface area contributed by atoms with E-state index in [1.54, 1.807) is 30.3 Å². The third kappa shape index (κ3) is 5.78. The number of carbonyl (C=O) groups excluding carboxylic acids is 2. The minimum absolute atomic E-state index is 0.143. The van der Waals surface area contributed by atoms with E-state index >= 15 is 0 Å². The van der Waals surface area contributed by atoms with Crippen molar-refractivity contribution in [2.45, 2.75) is 20.3 Å². The summed E-state index contributed by atoms with van der Waals surface area (Å²) in [5, 5.41) is 11.6. The summed E-state index contributed by atoms with van der Waals surface area (Å²) in [6, 6.07) is 6.55. The van der Waals surface area contributed by atoms with Crippen LogP contribution in [0.3, 0.4) is 0 Å². The van der Waals surface area contributed by atoms with Crippen molar-refractivity contribution < 1.29 is 19.5 Å². The number of nitrogens with two attached hydrogens (primary N) is 1. The molecule has 0 aromatic heterocycles. The van der Waals surface area contributed by atoms with Gasteiger partial charge in [-0.25, -0.2) is 4.79 Å². The molecule has 0 unspecified atom stereocenters. The Morgan fingerprint density at radius 2 is 1.82 bits per heavy atom. The topological polar surface area (TPSA) is 109 Å². The largest absolute Gasteiger partial charge is 0.478 e. The number of carbonyl (C=O) groups is 3. The minimum atomic E-state index is -0.947. The van der Waals surface area contributed by atoms with Gasteiger partial charge in [-0.2, -0.15) is 0 Å². The number of aliphatic carboxylic acids is 1. The smallest absolute Gasteiger partial charge is 0.331 e. The Balaban J connectivity index is 2.78. The highest BCUT2D eigenvalue weighted by atomic mass is 16.4. The van der Waals surface area contributed by atoms with E-state index in [1.165, 1.54) is 0 Å². The molecule has 4 N–H and O–H groups in total. The fourth-order valence-electron chi connectivity index (χ4n) is 1.87. The van der Waals surface area contributed by atoms with E-state index < -0.39 is 17.8 Å². The van der Waals surface area contributed by atoms with Crippen LogP contribution in [0, 0.1) is 5.92 Å². The molecule has 118 valence electrons. The number of rotatable bonds is 7. The molecule has 6 heteroatoms. The Morgan fingerprint density at radius 3 is 2.27 bits per heavy atom. The first-order valence-corrected chi connectivity index (χ1v) is 6.89. The zero-order chi connectivity index (χ0) is 16.7. The van der Waals surface area contributed by atoms with Crippen LogP contribution in [0.15, 0.2) is 35.9 Å². The van der Waals surface area contributed by atoms with Crippen LogP contribution in [0.2, 0.25) is 0 Å². The van der Waals surface area contributed by atoms with Gasteiger partial charge in [0.15, 0.2) is 0 Å². The monoisotopic (exact) mass is 304 g/mol. The van der Waals surface area contributed by atoms with Crippen molar-refractivity contribution in [1.29, 1.82) is 0 Å².